The molecule has 1 aliphatic rings. The van der Waals surface area contributed by atoms with Gasteiger partial charge in [-0.05, 0) is 37.8 Å². The minimum atomic E-state index is -1.06. The fraction of sp³-hybridized carbons (Fsp3) is 0.421. The molecule has 2 aromatic rings. The number of ether oxygens (including phenoxy) is 1. The number of piperidine rings is 1. The number of amides is 1. The molecule has 0 N–H and O–H groups in total. The average molecular weight is 377 g/mol. The number of hydrogen-bond donors (Lipinski definition) is 0. The lowest BCUT2D eigenvalue weighted by Gasteiger charge is -2.30. The molecule has 6 nitrogen and oxygen atoms in total. The number of hydrogen-bond acceptors (Lipinski definition) is 4. The highest BCUT2D eigenvalue weighted by Crippen LogP contribution is 2.20. The molecule has 144 valence electrons. The van der Waals surface area contributed by atoms with Gasteiger partial charge < -0.3 is 9.64 Å². The van der Waals surface area contributed by atoms with Gasteiger partial charge in [0, 0.05) is 19.2 Å². The van der Waals surface area contributed by atoms with Crippen molar-refractivity contribution in [3.8, 4) is 11.6 Å². The molecule has 0 aliphatic carbocycles. The van der Waals surface area contributed by atoms with Crippen molar-refractivity contribution in [2.75, 3.05) is 19.7 Å². The van der Waals surface area contributed by atoms with E-state index >= 15 is 0 Å². The Labute approximate surface area is 155 Å². The Morgan fingerprint density at radius 2 is 1.93 bits per heavy atom. The van der Waals surface area contributed by atoms with Gasteiger partial charge >= 0.3 is 0 Å². The van der Waals surface area contributed by atoms with Crippen molar-refractivity contribution in [3.05, 3.63) is 51.8 Å². The highest BCUT2D eigenvalue weighted by atomic mass is 19.2. The standard InChI is InChI=1S/C19H21F2N3O3/c1-3-27-17-11-16(25)18(19(26)23-8-6-12(2)7-9-23)22-24(17)13-4-5-14(20)15(21)10-13/h4-5,10-12H,3,6-9H2,1-2H3. The normalized spacial score (nSPS) is 15.0. The highest BCUT2D eigenvalue weighted by Gasteiger charge is 2.26. The van der Waals surface area contributed by atoms with Crippen LogP contribution in [0, 0.1) is 17.6 Å². The third-order valence-corrected chi connectivity index (χ3v) is 4.61. The lowest BCUT2D eigenvalue weighted by Crippen LogP contribution is -2.41. The number of halogens is 2. The summed E-state index contributed by atoms with van der Waals surface area (Å²) < 4.78 is 33.5. The van der Waals surface area contributed by atoms with Gasteiger partial charge in [0.05, 0.1) is 18.4 Å². The van der Waals surface area contributed by atoms with E-state index in [0.717, 1.165) is 35.7 Å². The summed E-state index contributed by atoms with van der Waals surface area (Å²) in [5.74, 6) is -1.95. The second-order valence-electron chi connectivity index (χ2n) is 6.61. The van der Waals surface area contributed by atoms with Crippen LogP contribution >= 0.6 is 0 Å². The van der Waals surface area contributed by atoms with Gasteiger partial charge in [0.1, 0.15) is 0 Å². The lowest BCUT2D eigenvalue weighted by atomic mass is 9.99. The summed E-state index contributed by atoms with van der Waals surface area (Å²) in [4.78, 5) is 26.8. The Balaban J connectivity index is 2.04. The maximum Gasteiger partial charge on any atom is 0.278 e. The van der Waals surface area contributed by atoms with E-state index in [4.69, 9.17) is 4.74 Å². The summed E-state index contributed by atoms with van der Waals surface area (Å²) in [7, 11) is 0. The van der Waals surface area contributed by atoms with Gasteiger partial charge in [-0.25, -0.2) is 13.5 Å². The molecular weight excluding hydrogens is 356 g/mol. The van der Waals surface area contributed by atoms with Gasteiger partial charge in [-0.2, -0.15) is 5.10 Å². The molecule has 2 heterocycles. The third kappa shape index (κ3) is 3.99. The Morgan fingerprint density at radius 1 is 1.22 bits per heavy atom. The van der Waals surface area contributed by atoms with Gasteiger partial charge in [0.2, 0.25) is 11.3 Å². The predicted octanol–water partition coefficient (Wildman–Crippen LogP) is 2.78. The van der Waals surface area contributed by atoms with Crippen LogP contribution in [-0.4, -0.2) is 40.3 Å². The Hall–Kier alpha value is -2.77. The third-order valence-electron chi connectivity index (χ3n) is 4.61. The zero-order valence-electron chi connectivity index (χ0n) is 15.2. The van der Waals surface area contributed by atoms with Crippen LogP contribution in [0.4, 0.5) is 8.78 Å². The Bertz CT molecular complexity index is 906. The van der Waals surface area contributed by atoms with Crippen LogP contribution < -0.4 is 10.2 Å². The molecule has 1 aliphatic heterocycles. The zero-order chi connectivity index (χ0) is 19.6. The van der Waals surface area contributed by atoms with Gasteiger partial charge in [-0.1, -0.05) is 6.92 Å². The maximum absolute atomic E-state index is 13.7. The first-order chi connectivity index (χ1) is 12.9. The van der Waals surface area contributed by atoms with Crippen molar-refractivity contribution in [2.24, 2.45) is 5.92 Å². The van der Waals surface area contributed by atoms with E-state index in [1.807, 2.05) is 0 Å². The van der Waals surface area contributed by atoms with E-state index in [1.54, 1.807) is 11.8 Å². The number of carbonyl (C=O) groups excluding carboxylic acids is 1. The van der Waals surface area contributed by atoms with E-state index in [1.165, 1.54) is 6.07 Å². The van der Waals surface area contributed by atoms with Crippen LogP contribution in [0.5, 0.6) is 5.88 Å². The molecule has 3 rings (SSSR count). The van der Waals surface area contributed by atoms with E-state index in [2.05, 4.69) is 12.0 Å². The molecule has 1 fully saturated rings. The molecule has 0 unspecified atom stereocenters. The topological polar surface area (TPSA) is 64.4 Å². The number of rotatable bonds is 4. The molecule has 0 atom stereocenters. The first kappa shape index (κ1) is 19.0. The number of benzene rings is 1. The largest absolute Gasteiger partial charge is 0.478 e. The van der Waals surface area contributed by atoms with Crippen LogP contribution in [0.25, 0.3) is 5.69 Å². The molecule has 0 bridgehead atoms. The molecule has 1 aromatic carbocycles. The van der Waals surface area contributed by atoms with Crippen molar-refractivity contribution >= 4 is 5.91 Å². The predicted molar refractivity (Wildman–Crippen MR) is 95.2 cm³/mol. The first-order valence-corrected chi connectivity index (χ1v) is 8.92. The molecule has 1 amide bonds. The van der Waals surface area contributed by atoms with Crippen LogP contribution in [-0.2, 0) is 0 Å². The number of carbonyl (C=O) groups is 1. The van der Waals surface area contributed by atoms with Crippen LogP contribution in [0.15, 0.2) is 29.1 Å². The summed E-state index contributed by atoms with van der Waals surface area (Å²) in [6, 6.07) is 4.34. The van der Waals surface area contributed by atoms with E-state index in [-0.39, 0.29) is 23.9 Å². The van der Waals surface area contributed by atoms with E-state index < -0.39 is 23.0 Å². The molecular formula is C19H21F2N3O3. The summed E-state index contributed by atoms with van der Waals surface area (Å²) in [5.41, 5.74) is -0.683. The Morgan fingerprint density at radius 3 is 2.56 bits per heavy atom. The second-order valence-corrected chi connectivity index (χ2v) is 6.61. The number of aromatic nitrogens is 2. The fourth-order valence-corrected chi connectivity index (χ4v) is 3.00. The highest BCUT2D eigenvalue weighted by molar-refractivity contribution is 5.92. The van der Waals surface area contributed by atoms with Crippen LogP contribution in [0.2, 0.25) is 0 Å². The van der Waals surface area contributed by atoms with E-state index in [0.29, 0.717) is 19.0 Å². The monoisotopic (exact) mass is 377 g/mol. The molecule has 1 saturated heterocycles. The summed E-state index contributed by atoms with van der Waals surface area (Å²) in [5, 5.41) is 4.12. The average Bonchev–Trinajstić information content (AvgIpc) is 2.65. The van der Waals surface area contributed by atoms with Gasteiger partial charge in [-0.15, -0.1) is 0 Å². The molecule has 8 heteroatoms. The van der Waals surface area contributed by atoms with Crippen LogP contribution in [0.1, 0.15) is 37.2 Å². The van der Waals surface area contributed by atoms with Crippen LogP contribution in [0.3, 0.4) is 0 Å². The van der Waals surface area contributed by atoms with Crippen molar-refractivity contribution in [3.63, 3.8) is 0 Å². The first-order valence-electron chi connectivity index (χ1n) is 8.92. The fourth-order valence-electron chi connectivity index (χ4n) is 3.00. The molecule has 27 heavy (non-hydrogen) atoms. The molecule has 1 aromatic heterocycles. The van der Waals surface area contributed by atoms with Crippen molar-refractivity contribution < 1.29 is 18.3 Å². The summed E-state index contributed by atoms with van der Waals surface area (Å²) >= 11 is 0. The number of likely N-dealkylation sites (tertiary alicyclic amines) is 1. The number of nitrogens with zero attached hydrogens (tertiary/aromatic N) is 3. The molecule has 0 radical (unpaired) electrons. The quantitative estimate of drug-likeness (QED) is 0.822. The summed E-state index contributed by atoms with van der Waals surface area (Å²) in [6.07, 6.45) is 1.72. The zero-order valence-corrected chi connectivity index (χ0v) is 15.2. The minimum absolute atomic E-state index is 0.0531. The second kappa shape index (κ2) is 7.85. The Kier molecular flexibility index (Phi) is 5.53. The van der Waals surface area contributed by atoms with E-state index in [9.17, 15) is 18.4 Å². The molecule has 0 saturated carbocycles. The minimum Gasteiger partial charge on any atom is -0.478 e. The summed E-state index contributed by atoms with van der Waals surface area (Å²) in [6.45, 7) is 5.18. The maximum atomic E-state index is 13.7. The SMILES string of the molecule is CCOc1cc(=O)c(C(=O)N2CCC(C)CC2)nn1-c1ccc(F)c(F)c1. The van der Waals surface area contributed by atoms with Gasteiger partial charge in [-0.3, -0.25) is 9.59 Å². The molecule has 0 spiro atoms. The van der Waals surface area contributed by atoms with Gasteiger partial charge in [0.25, 0.3) is 5.91 Å². The van der Waals surface area contributed by atoms with Crippen molar-refractivity contribution in [1.29, 1.82) is 0 Å². The van der Waals surface area contributed by atoms with Crippen molar-refractivity contribution in [1.82, 2.24) is 14.7 Å². The lowest BCUT2D eigenvalue weighted by molar-refractivity contribution is 0.0687. The smallest absolute Gasteiger partial charge is 0.278 e. The van der Waals surface area contributed by atoms with Crippen molar-refractivity contribution in [2.45, 2.75) is 26.7 Å². The van der Waals surface area contributed by atoms with Gasteiger partial charge in [0.15, 0.2) is 17.3 Å².